The van der Waals surface area contributed by atoms with Gasteiger partial charge in [0.1, 0.15) is 35.2 Å². The van der Waals surface area contributed by atoms with Crippen LogP contribution in [0.1, 0.15) is 73.9 Å². The Hall–Kier alpha value is -2.58. The van der Waals surface area contributed by atoms with E-state index in [0.29, 0.717) is 0 Å². The molecule has 0 aromatic carbocycles. The zero-order chi connectivity index (χ0) is 24.7. The van der Waals surface area contributed by atoms with Crippen molar-refractivity contribution in [3.05, 3.63) is 18.2 Å². The molecule has 2 atom stereocenters. The SMILES string of the molecule is CCCCn1c[n+](C)cc1C[C@H](NC(=O)OC(C)(C)C)C(=O)N[C@@H](C)C(=O)OC(C)(C)C. The average Bonchev–Trinajstić information content (AvgIpc) is 2.95. The van der Waals surface area contributed by atoms with E-state index < -0.39 is 41.3 Å². The smallest absolute Gasteiger partial charge is 0.408 e. The highest BCUT2D eigenvalue weighted by molar-refractivity contribution is 5.89. The topological polar surface area (TPSA) is 103 Å². The molecule has 32 heavy (non-hydrogen) atoms. The summed E-state index contributed by atoms with van der Waals surface area (Å²) in [5.41, 5.74) is -0.482. The van der Waals surface area contributed by atoms with Crippen LogP contribution in [0.4, 0.5) is 4.79 Å². The van der Waals surface area contributed by atoms with Crippen LogP contribution in [0, 0.1) is 0 Å². The minimum absolute atomic E-state index is 0.247. The lowest BCUT2D eigenvalue weighted by Crippen LogP contribution is -2.53. The molecule has 1 rings (SSSR count). The number of aryl methyl sites for hydroxylation is 2. The number of nitrogens with zero attached hydrogens (tertiary/aromatic N) is 2. The van der Waals surface area contributed by atoms with Gasteiger partial charge in [-0.25, -0.2) is 18.7 Å². The number of hydrogen-bond acceptors (Lipinski definition) is 5. The summed E-state index contributed by atoms with van der Waals surface area (Å²) in [5, 5.41) is 5.32. The van der Waals surface area contributed by atoms with Crippen molar-refractivity contribution in [1.29, 1.82) is 0 Å². The Morgan fingerprint density at radius 1 is 1.06 bits per heavy atom. The van der Waals surface area contributed by atoms with Crippen LogP contribution in [-0.4, -0.2) is 45.8 Å². The van der Waals surface area contributed by atoms with Gasteiger partial charge < -0.3 is 20.1 Å². The number of ether oxygens (including phenoxy) is 2. The molecule has 1 aromatic heterocycles. The number of alkyl carbamates (subject to hydrolysis) is 1. The molecule has 0 bridgehead atoms. The van der Waals surface area contributed by atoms with E-state index in [0.717, 1.165) is 25.1 Å². The van der Waals surface area contributed by atoms with Crippen molar-refractivity contribution in [3.63, 3.8) is 0 Å². The zero-order valence-electron chi connectivity index (χ0n) is 21.1. The first-order chi connectivity index (χ1) is 14.6. The predicted octanol–water partition coefficient (Wildman–Crippen LogP) is 2.39. The summed E-state index contributed by atoms with van der Waals surface area (Å²) in [7, 11) is 1.91. The van der Waals surface area contributed by atoms with E-state index in [-0.39, 0.29) is 6.42 Å². The predicted molar refractivity (Wildman–Crippen MR) is 121 cm³/mol. The highest BCUT2D eigenvalue weighted by atomic mass is 16.6. The number of aromatic nitrogens is 2. The van der Waals surface area contributed by atoms with Crippen molar-refractivity contribution < 1.29 is 28.4 Å². The minimum Gasteiger partial charge on any atom is -0.458 e. The summed E-state index contributed by atoms with van der Waals surface area (Å²) < 4.78 is 14.7. The molecular weight excluding hydrogens is 412 g/mol. The fourth-order valence-electron chi connectivity index (χ4n) is 2.97. The zero-order valence-corrected chi connectivity index (χ0v) is 21.1. The van der Waals surface area contributed by atoms with E-state index in [9.17, 15) is 14.4 Å². The maximum atomic E-state index is 13.1. The Labute approximate surface area is 191 Å². The van der Waals surface area contributed by atoms with E-state index in [1.54, 1.807) is 48.5 Å². The normalized spacial score (nSPS) is 13.8. The van der Waals surface area contributed by atoms with Crippen LogP contribution in [0.15, 0.2) is 12.5 Å². The summed E-state index contributed by atoms with van der Waals surface area (Å²) in [6, 6.07) is -1.79. The lowest BCUT2D eigenvalue weighted by atomic mass is 10.1. The second kappa shape index (κ2) is 11.3. The number of nitrogens with one attached hydrogen (secondary N) is 2. The largest absolute Gasteiger partial charge is 0.458 e. The number of imidazole rings is 1. The lowest BCUT2D eigenvalue weighted by molar-refractivity contribution is -0.671. The van der Waals surface area contributed by atoms with Crippen LogP contribution >= 0.6 is 0 Å². The average molecular weight is 454 g/mol. The molecule has 0 aliphatic carbocycles. The van der Waals surface area contributed by atoms with Gasteiger partial charge >= 0.3 is 12.1 Å². The molecule has 182 valence electrons. The van der Waals surface area contributed by atoms with Crippen molar-refractivity contribution in [3.8, 4) is 0 Å². The van der Waals surface area contributed by atoms with Gasteiger partial charge in [0.25, 0.3) is 0 Å². The second-order valence-electron chi connectivity index (χ2n) is 10.1. The standard InChI is InChI=1S/C23H40N4O5/c1-10-11-12-27-15-26(9)14-17(27)13-18(25-21(30)32-23(6,7)8)19(28)24-16(2)20(29)31-22(3,4)5/h14-16,18H,10-13H2,1-9H3,(H-,24,25,28,30)/p+1/t16-,18-/m0/s1. The summed E-state index contributed by atoms with van der Waals surface area (Å²) in [6.45, 7) is 15.0. The van der Waals surface area contributed by atoms with Gasteiger partial charge in [0.2, 0.25) is 12.2 Å². The summed E-state index contributed by atoms with van der Waals surface area (Å²) in [4.78, 5) is 37.8. The summed E-state index contributed by atoms with van der Waals surface area (Å²) in [6.07, 6.45) is 5.46. The van der Waals surface area contributed by atoms with Gasteiger partial charge in [0, 0.05) is 6.42 Å². The van der Waals surface area contributed by atoms with Crippen LogP contribution in [0.25, 0.3) is 0 Å². The number of unbranched alkanes of at least 4 members (excludes halogenated alkanes) is 1. The van der Waals surface area contributed by atoms with Crippen molar-refractivity contribution in [2.45, 2.75) is 104 Å². The Bertz CT molecular complexity index is 789. The number of amides is 2. The highest BCUT2D eigenvalue weighted by Crippen LogP contribution is 2.11. The van der Waals surface area contributed by atoms with Gasteiger partial charge in [0.15, 0.2) is 0 Å². The molecule has 0 aliphatic rings. The molecule has 1 aromatic rings. The quantitative estimate of drug-likeness (QED) is 0.442. The highest BCUT2D eigenvalue weighted by Gasteiger charge is 2.30. The first-order valence-electron chi connectivity index (χ1n) is 11.2. The molecule has 0 fully saturated rings. The Morgan fingerprint density at radius 3 is 2.19 bits per heavy atom. The van der Waals surface area contributed by atoms with E-state index in [1.165, 1.54) is 0 Å². The fraction of sp³-hybridized carbons (Fsp3) is 0.739. The van der Waals surface area contributed by atoms with Gasteiger partial charge in [-0.1, -0.05) is 13.3 Å². The van der Waals surface area contributed by atoms with E-state index in [2.05, 4.69) is 22.1 Å². The van der Waals surface area contributed by atoms with E-state index in [4.69, 9.17) is 9.47 Å². The Balaban J connectivity index is 3.03. The van der Waals surface area contributed by atoms with Gasteiger partial charge in [-0.2, -0.15) is 0 Å². The number of carbonyl (C=O) groups excluding carboxylic acids is 3. The number of rotatable bonds is 9. The first kappa shape index (κ1) is 27.5. The molecule has 9 nitrogen and oxygen atoms in total. The van der Waals surface area contributed by atoms with E-state index in [1.807, 2.05) is 24.1 Å². The first-order valence-corrected chi connectivity index (χ1v) is 11.2. The molecule has 2 N–H and O–H groups in total. The maximum Gasteiger partial charge on any atom is 0.408 e. The lowest BCUT2D eigenvalue weighted by Gasteiger charge is -2.25. The summed E-state index contributed by atoms with van der Waals surface area (Å²) in [5.74, 6) is -1.03. The van der Waals surface area contributed by atoms with E-state index >= 15 is 0 Å². The Morgan fingerprint density at radius 2 is 1.66 bits per heavy atom. The molecule has 0 spiro atoms. The second-order valence-corrected chi connectivity index (χ2v) is 10.1. The van der Waals surface area contributed by atoms with Crippen LogP contribution in [-0.2, 0) is 39.1 Å². The Kier molecular flexibility index (Phi) is 9.72. The van der Waals surface area contributed by atoms with Crippen LogP contribution in [0.2, 0.25) is 0 Å². The van der Waals surface area contributed by atoms with Crippen LogP contribution < -0.4 is 15.2 Å². The molecule has 0 unspecified atom stereocenters. The maximum absolute atomic E-state index is 13.1. The van der Waals surface area contributed by atoms with Crippen molar-refractivity contribution >= 4 is 18.0 Å². The van der Waals surface area contributed by atoms with Gasteiger partial charge in [-0.05, 0) is 54.9 Å². The fourth-order valence-corrected chi connectivity index (χ4v) is 2.97. The van der Waals surface area contributed by atoms with Crippen molar-refractivity contribution in [2.24, 2.45) is 7.05 Å². The molecule has 9 heteroatoms. The molecule has 0 saturated heterocycles. The minimum atomic E-state index is -0.926. The van der Waals surface area contributed by atoms with Crippen LogP contribution in [0.3, 0.4) is 0 Å². The van der Waals surface area contributed by atoms with Crippen LogP contribution in [0.5, 0.6) is 0 Å². The van der Waals surface area contributed by atoms with Gasteiger partial charge in [-0.3, -0.25) is 4.79 Å². The third-order valence-corrected chi connectivity index (χ3v) is 4.34. The van der Waals surface area contributed by atoms with Gasteiger partial charge in [-0.15, -0.1) is 0 Å². The molecule has 2 amide bonds. The number of esters is 1. The van der Waals surface area contributed by atoms with Crippen molar-refractivity contribution in [1.82, 2.24) is 15.2 Å². The summed E-state index contributed by atoms with van der Waals surface area (Å²) >= 11 is 0. The third-order valence-electron chi connectivity index (χ3n) is 4.34. The molecule has 0 radical (unpaired) electrons. The molecule has 1 heterocycles. The monoisotopic (exact) mass is 453 g/mol. The molecule has 0 aliphatic heterocycles. The molecular formula is C23H41N4O5+. The number of carbonyl (C=O) groups is 3. The number of hydrogen-bond donors (Lipinski definition) is 2. The van der Waals surface area contributed by atoms with Crippen molar-refractivity contribution in [2.75, 3.05) is 0 Å². The van der Waals surface area contributed by atoms with Gasteiger partial charge in [0.05, 0.1) is 13.6 Å². The molecule has 0 saturated carbocycles. The third kappa shape index (κ3) is 10.2.